The molecule has 0 aliphatic heterocycles. The molecule has 0 heterocycles. The molecule has 0 unspecified atom stereocenters. The number of non-ortho nitro benzene ring substituents is 1. The van der Waals surface area contributed by atoms with Gasteiger partial charge in [0.2, 0.25) is 5.91 Å². The number of halogens is 1. The predicted molar refractivity (Wildman–Crippen MR) is 127 cm³/mol. The molecular formula is C24H22BrN3O4. The number of nitro groups is 1. The summed E-state index contributed by atoms with van der Waals surface area (Å²) in [5.74, 6) is 0.438. The summed E-state index contributed by atoms with van der Waals surface area (Å²) in [5.41, 5.74) is 6.35. The highest BCUT2D eigenvalue weighted by Gasteiger charge is 2.06. The Bertz CT molecular complexity index is 1110. The summed E-state index contributed by atoms with van der Waals surface area (Å²) in [5, 5.41) is 14.7. The van der Waals surface area contributed by atoms with Crippen molar-refractivity contribution in [2.45, 2.75) is 26.4 Å². The molecule has 0 bridgehead atoms. The number of nitro benzene ring substituents is 1. The summed E-state index contributed by atoms with van der Waals surface area (Å²) in [6.07, 6.45) is 2.79. The molecule has 0 aromatic heterocycles. The number of carbonyl (C=O) groups is 1. The molecule has 1 amide bonds. The number of amides is 1. The molecule has 32 heavy (non-hydrogen) atoms. The van der Waals surface area contributed by atoms with Crippen LogP contribution in [0.25, 0.3) is 0 Å². The minimum atomic E-state index is -0.437. The summed E-state index contributed by atoms with van der Waals surface area (Å²) >= 11 is 3.46. The molecular weight excluding hydrogens is 474 g/mol. The van der Waals surface area contributed by atoms with Crippen LogP contribution in [0.4, 0.5) is 5.69 Å². The van der Waals surface area contributed by atoms with Crippen molar-refractivity contribution in [2.24, 2.45) is 5.10 Å². The maximum Gasteiger partial charge on any atom is 0.269 e. The van der Waals surface area contributed by atoms with Crippen LogP contribution in [0.15, 0.2) is 76.3 Å². The van der Waals surface area contributed by atoms with E-state index in [9.17, 15) is 14.9 Å². The first-order valence-electron chi connectivity index (χ1n) is 10.00. The van der Waals surface area contributed by atoms with Crippen molar-refractivity contribution in [1.29, 1.82) is 0 Å². The smallest absolute Gasteiger partial charge is 0.269 e. The van der Waals surface area contributed by atoms with E-state index >= 15 is 0 Å². The SMILES string of the molecule is CCc1ccc(CC(=O)N/N=C/c2ccc(OCc3ccc([N+](=O)[O-])cc3)c(Br)c2)cc1. The van der Waals surface area contributed by atoms with E-state index in [-0.39, 0.29) is 24.6 Å². The highest BCUT2D eigenvalue weighted by atomic mass is 79.9. The number of hydrogen-bond acceptors (Lipinski definition) is 5. The minimum Gasteiger partial charge on any atom is -0.488 e. The zero-order valence-corrected chi connectivity index (χ0v) is 19.0. The van der Waals surface area contributed by atoms with Gasteiger partial charge in [0.25, 0.3) is 5.69 Å². The Morgan fingerprint density at radius 2 is 1.72 bits per heavy atom. The lowest BCUT2D eigenvalue weighted by atomic mass is 10.1. The number of hydrazone groups is 1. The average molecular weight is 496 g/mol. The van der Waals surface area contributed by atoms with Gasteiger partial charge in [-0.25, -0.2) is 5.43 Å². The van der Waals surface area contributed by atoms with Gasteiger partial charge in [0.05, 0.1) is 22.0 Å². The lowest BCUT2D eigenvalue weighted by molar-refractivity contribution is -0.384. The number of rotatable bonds is 9. The standard InChI is InChI=1S/C24H22BrN3O4/c1-2-17-3-5-18(6-4-17)14-24(29)27-26-15-20-9-12-23(22(25)13-20)32-16-19-7-10-21(11-8-19)28(30)31/h3-13,15H,2,14,16H2,1H3,(H,27,29)/b26-15+. The monoisotopic (exact) mass is 495 g/mol. The normalized spacial score (nSPS) is 10.8. The van der Waals surface area contributed by atoms with Gasteiger partial charge >= 0.3 is 0 Å². The van der Waals surface area contributed by atoms with Crippen LogP contribution in [0, 0.1) is 10.1 Å². The predicted octanol–water partition coefficient (Wildman–Crippen LogP) is 5.19. The Morgan fingerprint density at radius 1 is 1.06 bits per heavy atom. The Kier molecular flexibility index (Phi) is 8.10. The lowest BCUT2D eigenvalue weighted by Gasteiger charge is -2.09. The molecule has 8 heteroatoms. The zero-order chi connectivity index (χ0) is 22.9. The molecule has 3 rings (SSSR count). The van der Waals surface area contributed by atoms with E-state index in [1.54, 1.807) is 24.4 Å². The van der Waals surface area contributed by atoms with Crippen molar-refractivity contribution in [1.82, 2.24) is 5.43 Å². The molecule has 3 aromatic rings. The second-order valence-corrected chi connectivity index (χ2v) is 7.90. The number of benzene rings is 3. The van der Waals surface area contributed by atoms with Crippen molar-refractivity contribution in [2.75, 3.05) is 0 Å². The largest absolute Gasteiger partial charge is 0.488 e. The third kappa shape index (κ3) is 6.75. The molecule has 0 atom stereocenters. The fourth-order valence-electron chi connectivity index (χ4n) is 2.89. The fraction of sp³-hybridized carbons (Fsp3) is 0.167. The highest BCUT2D eigenvalue weighted by molar-refractivity contribution is 9.10. The number of carbonyl (C=O) groups excluding carboxylic acids is 1. The molecule has 1 N–H and O–H groups in total. The first kappa shape index (κ1) is 23.1. The van der Waals surface area contributed by atoms with E-state index in [0.717, 1.165) is 27.6 Å². The van der Waals surface area contributed by atoms with Crippen LogP contribution >= 0.6 is 15.9 Å². The van der Waals surface area contributed by atoms with E-state index in [1.807, 2.05) is 36.4 Å². The van der Waals surface area contributed by atoms with Crippen molar-refractivity contribution < 1.29 is 14.5 Å². The molecule has 164 valence electrons. The van der Waals surface area contributed by atoms with E-state index in [1.165, 1.54) is 17.7 Å². The number of nitrogens with zero attached hydrogens (tertiary/aromatic N) is 2. The van der Waals surface area contributed by atoms with Crippen LogP contribution < -0.4 is 10.2 Å². The molecule has 0 fully saturated rings. The van der Waals surface area contributed by atoms with Crippen LogP contribution in [0.2, 0.25) is 0 Å². The summed E-state index contributed by atoms with van der Waals surface area (Å²) < 4.78 is 6.50. The third-order valence-electron chi connectivity index (χ3n) is 4.70. The summed E-state index contributed by atoms with van der Waals surface area (Å²) in [6, 6.07) is 19.6. The Balaban J connectivity index is 1.50. The number of hydrogen-bond donors (Lipinski definition) is 1. The van der Waals surface area contributed by atoms with Crippen molar-refractivity contribution >= 4 is 33.7 Å². The second kappa shape index (κ2) is 11.2. The first-order valence-corrected chi connectivity index (χ1v) is 10.8. The molecule has 0 aliphatic carbocycles. The van der Waals surface area contributed by atoms with Gasteiger partial charge in [-0.2, -0.15) is 5.10 Å². The lowest BCUT2D eigenvalue weighted by Crippen LogP contribution is -2.19. The Labute approximate surface area is 194 Å². The van der Waals surface area contributed by atoms with E-state index in [2.05, 4.69) is 33.4 Å². The Morgan fingerprint density at radius 3 is 2.34 bits per heavy atom. The minimum absolute atomic E-state index is 0.0417. The molecule has 0 saturated carbocycles. The highest BCUT2D eigenvalue weighted by Crippen LogP contribution is 2.26. The van der Waals surface area contributed by atoms with E-state index in [0.29, 0.717) is 5.75 Å². The van der Waals surface area contributed by atoms with Gasteiger partial charge in [-0.1, -0.05) is 31.2 Å². The van der Waals surface area contributed by atoms with Crippen molar-refractivity contribution in [3.8, 4) is 5.75 Å². The summed E-state index contributed by atoms with van der Waals surface area (Å²) in [7, 11) is 0. The second-order valence-electron chi connectivity index (χ2n) is 7.04. The van der Waals surface area contributed by atoms with Crippen molar-refractivity contribution in [3.63, 3.8) is 0 Å². The van der Waals surface area contributed by atoms with Crippen LogP contribution in [0.1, 0.15) is 29.2 Å². The van der Waals surface area contributed by atoms with Crippen LogP contribution in [-0.2, 0) is 24.2 Å². The van der Waals surface area contributed by atoms with Gasteiger partial charge in [0, 0.05) is 12.1 Å². The molecule has 0 spiro atoms. The van der Waals surface area contributed by atoms with Gasteiger partial charge < -0.3 is 4.74 Å². The van der Waals surface area contributed by atoms with Crippen molar-refractivity contribution in [3.05, 3.63) is 104 Å². The van der Waals surface area contributed by atoms with Gasteiger partial charge in [0.1, 0.15) is 12.4 Å². The van der Waals surface area contributed by atoms with Gasteiger partial charge in [0.15, 0.2) is 0 Å². The van der Waals surface area contributed by atoms with Gasteiger partial charge in [-0.3, -0.25) is 14.9 Å². The Hall–Kier alpha value is -3.52. The first-order chi connectivity index (χ1) is 15.4. The zero-order valence-electron chi connectivity index (χ0n) is 17.5. The number of ether oxygens (including phenoxy) is 1. The summed E-state index contributed by atoms with van der Waals surface area (Å²) in [4.78, 5) is 22.3. The van der Waals surface area contributed by atoms with Crippen LogP contribution in [0.3, 0.4) is 0 Å². The topological polar surface area (TPSA) is 93.8 Å². The average Bonchev–Trinajstić information content (AvgIpc) is 2.79. The maximum absolute atomic E-state index is 12.1. The number of aryl methyl sites for hydroxylation is 1. The van der Waals surface area contributed by atoms with E-state index < -0.39 is 4.92 Å². The maximum atomic E-state index is 12.1. The van der Waals surface area contributed by atoms with Crippen LogP contribution in [-0.4, -0.2) is 17.0 Å². The third-order valence-corrected chi connectivity index (χ3v) is 5.32. The molecule has 3 aromatic carbocycles. The molecule has 0 saturated heterocycles. The van der Waals surface area contributed by atoms with Gasteiger partial charge in [-0.05, 0) is 74.9 Å². The number of nitrogens with one attached hydrogen (secondary N) is 1. The van der Waals surface area contributed by atoms with E-state index in [4.69, 9.17) is 4.74 Å². The van der Waals surface area contributed by atoms with Gasteiger partial charge in [-0.15, -0.1) is 0 Å². The molecule has 0 radical (unpaired) electrons. The molecule has 0 aliphatic rings. The van der Waals surface area contributed by atoms with Crippen LogP contribution in [0.5, 0.6) is 5.75 Å². The molecule has 7 nitrogen and oxygen atoms in total. The fourth-order valence-corrected chi connectivity index (χ4v) is 3.40. The quantitative estimate of drug-likeness (QED) is 0.251. The summed E-state index contributed by atoms with van der Waals surface area (Å²) in [6.45, 7) is 2.37.